The summed E-state index contributed by atoms with van der Waals surface area (Å²) in [5, 5.41) is 14.7. The van der Waals surface area contributed by atoms with Gasteiger partial charge in [0.15, 0.2) is 0 Å². The van der Waals surface area contributed by atoms with Gasteiger partial charge in [0.05, 0.1) is 11.1 Å². The van der Waals surface area contributed by atoms with Crippen molar-refractivity contribution in [2.75, 3.05) is 5.73 Å². The van der Waals surface area contributed by atoms with E-state index in [1.54, 1.807) is 12.4 Å². The Morgan fingerprint density at radius 3 is 2.81 bits per heavy atom. The predicted molar refractivity (Wildman–Crippen MR) is 55.0 cm³/mol. The Hall–Kier alpha value is -2.51. The summed E-state index contributed by atoms with van der Waals surface area (Å²) in [6, 6.07) is 0. The van der Waals surface area contributed by atoms with E-state index in [-0.39, 0.29) is 17.5 Å². The van der Waals surface area contributed by atoms with Crippen molar-refractivity contribution in [3.63, 3.8) is 0 Å². The minimum Gasteiger partial charge on any atom is -0.368 e. The van der Waals surface area contributed by atoms with Crippen LogP contribution in [0.15, 0.2) is 18.6 Å². The van der Waals surface area contributed by atoms with E-state index < -0.39 is 4.92 Å². The molecule has 16 heavy (non-hydrogen) atoms. The van der Waals surface area contributed by atoms with E-state index in [0.29, 0.717) is 0 Å². The van der Waals surface area contributed by atoms with Crippen LogP contribution in [-0.4, -0.2) is 24.7 Å². The maximum atomic E-state index is 10.8. The number of nitrogens with zero attached hydrogens (tertiary/aromatic N) is 5. The highest BCUT2D eigenvalue weighted by Gasteiger charge is 2.18. The first kappa shape index (κ1) is 10.0. The smallest absolute Gasteiger partial charge is 0.332 e. The largest absolute Gasteiger partial charge is 0.368 e. The highest BCUT2D eigenvalue weighted by atomic mass is 16.6. The fourth-order valence-electron chi connectivity index (χ4n) is 1.21. The summed E-state index contributed by atoms with van der Waals surface area (Å²) in [7, 11) is 0. The van der Waals surface area contributed by atoms with Crippen LogP contribution in [0.2, 0.25) is 0 Å². The van der Waals surface area contributed by atoms with Gasteiger partial charge in [-0.1, -0.05) is 0 Å². The van der Waals surface area contributed by atoms with E-state index in [1.165, 1.54) is 4.68 Å². The Labute approximate surface area is 89.9 Å². The molecule has 0 aromatic carbocycles. The molecule has 8 heteroatoms. The molecule has 0 aliphatic carbocycles. The number of nitro groups is 1. The number of nitrogen functional groups attached to an aromatic ring is 1. The average Bonchev–Trinajstić information content (AvgIpc) is 2.64. The number of hydrogen-bond acceptors (Lipinski definition) is 6. The van der Waals surface area contributed by atoms with Gasteiger partial charge in [0.2, 0.25) is 11.8 Å². The van der Waals surface area contributed by atoms with Crippen molar-refractivity contribution < 1.29 is 4.92 Å². The summed E-state index contributed by atoms with van der Waals surface area (Å²) in [5.41, 5.74) is 6.01. The summed E-state index contributed by atoms with van der Waals surface area (Å²) >= 11 is 0. The molecule has 8 nitrogen and oxygen atoms in total. The summed E-state index contributed by atoms with van der Waals surface area (Å²) < 4.78 is 1.30. The Morgan fingerprint density at radius 1 is 1.50 bits per heavy atom. The normalized spacial score (nSPS) is 10.3. The van der Waals surface area contributed by atoms with E-state index in [1.807, 2.05) is 6.92 Å². The first-order valence-corrected chi connectivity index (χ1v) is 4.36. The molecule has 0 fully saturated rings. The van der Waals surface area contributed by atoms with Crippen molar-refractivity contribution >= 4 is 11.6 Å². The van der Waals surface area contributed by atoms with E-state index in [0.717, 1.165) is 11.8 Å². The van der Waals surface area contributed by atoms with Gasteiger partial charge in [-0.25, -0.2) is 9.67 Å². The third-order valence-corrected chi connectivity index (χ3v) is 1.89. The molecule has 0 bridgehead atoms. The van der Waals surface area contributed by atoms with Crippen LogP contribution in [0, 0.1) is 17.0 Å². The molecule has 2 aromatic rings. The summed E-state index contributed by atoms with van der Waals surface area (Å²) in [6.07, 6.45) is 4.26. The monoisotopic (exact) mass is 220 g/mol. The third kappa shape index (κ3) is 1.67. The quantitative estimate of drug-likeness (QED) is 0.581. The maximum Gasteiger partial charge on any atom is 0.332 e. The Balaban J connectivity index is 2.62. The van der Waals surface area contributed by atoms with Crippen LogP contribution in [0.25, 0.3) is 5.82 Å². The van der Waals surface area contributed by atoms with Gasteiger partial charge in [-0.2, -0.15) is 10.1 Å². The molecule has 2 N–H and O–H groups in total. The van der Waals surface area contributed by atoms with Gasteiger partial charge in [-0.05, 0) is 12.5 Å². The maximum absolute atomic E-state index is 10.8. The molecule has 2 heterocycles. The van der Waals surface area contributed by atoms with E-state index in [4.69, 9.17) is 5.73 Å². The lowest BCUT2D eigenvalue weighted by atomic mass is 10.4. The molecular formula is C8H8N6O2. The van der Waals surface area contributed by atoms with Gasteiger partial charge in [0.1, 0.15) is 6.20 Å². The van der Waals surface area contributed by atoms with Crippen LogP contribution >= 0.6 is 0 Å². The number of rotatable bonds is 2. The molecule has 2 rings (SSSR count). The Kier molecular flexibility index (Phi) is 2.24. The number of aryl methyl sites for hydroxylation is 1. The molecule has 0 saturated carbocycles. The topological polar surface area (TPSA) is 113 Å². The summed E-state index contributed by atoms with van der Waals surface area (Å²) in [6.45, 7) is 1.82. The molecule has 0 spiro atoms. The SMILES string of the molecule is Cc1cnn(-c2nc(N)ncc2[N+](=O)[O-])c1. The fourth-order valence-corrected chi connectivity index (χ4v) is 1.21. The van der Waals surface area contributed by atoms with Crippen molar-refractivity contribution in [2.24, 2.45) is 0 Å². The van der Waals surface area contributed by atoms with Crippen molar-refractivity contribution in [3.8, 4) is 5.82 Å². The minimum absolute atomic E-state index is 0.0336. The minimum atomic E-state index is -0.578. The highest BCUT2D eigenvalue weighted by molar-refractivity contribution is 5.47. The van der Waals surface area contributed by atoms with Crippen molar-refractivity contribution in [3.05, 3.63) is 34.3 Å². The molecule has 2 aromatic heterocycles. The summed E-state index contributed by atoms with van der Waals surface area (Å²) in [5.74, 6) is 0.0272. The van der Waals surface area contributed by atoms with Gasteiger partial charge in [0.25, 0.3) is 0 Å². The fraction of sp³-hybridized carbons (Fsp3) is 0.125. The molecule has 0 atom stereocenters. The molecule has 0 unspecified atom stereocenters. The highest BCUT2D eigenvalue weighted by Crippen LogP contribution is 2.19. The number of nitrogens with two attached hydrogens (primary N) is 1. The van der Waals surface area contributed by atoms with Crippen molar-refractivity contribution in [2.45, 2.75) is 6.92 Å². The zero-order chi connectivity index (χ0) is 11.7. The zero-order valence-electron chi connectivity index (χ0n) is 8.36. The van der Waals surface area contributed by atoms with Gasteiger partial charge >= 0.3 is 5.69 Å². The van der Waals surface area contributed by atoms with E-state index in [9.17, 15) is 10.1 Å². The third-order valence-electron chi connectivity index (χ3n) is 1.89. The van der Waals surface area contributed by atoms with Crippen molar-refractivity contribution in [1.82, 2.24) is 19.7 Å². The van der Waals surface area contributed by atoms with Gasteiger partial charge in [0, 0.05) is 6.20 Å². The second-order valence-electron chi connectivity index (χ2n) is 3.16. The van der Waals surface area contributed by atoms with Gasteiger partial charge in [-0.15, -0.1) is 0 Å². The van der Waals surface area contributed by atoms with Crippen LogP contribution in [0.1, 0.15) is 5.56 Å². The van der Waals surface area contributed by atoms with Gasteiger partial charge < -0.3 is 5.73 Å². The molecule has 0 aliphatic rings. The molecule has 0 amide bonds. The standard InChI is InChI=1S/C8H8N6O2/c1-5-2-11-13(4-5)7-6(14(15)16)3-10-8(9)12-7/h2-4H,1H3,(H2,9,10,12). The average molecular weight is 220 g/mol. The lowest BCUT2D eigenvalue weighted by Gasteiger charge is -2.01. The Morgan fingerprint density at radius 2 is 2.25 bits per heavy atom. The van der Waals surface area contributed by atoms with E-state index >= 15 is 0 Å². The lowest BCUT2D eigenvalue weighted by molar-refractivity contribution is -0.385. The number of aromatic nitrogens is 4. The zero-order valence-corrected chi connectivity index (χ0v) is 8.36. The van der Waals surface area contributed by atoms with E-state index in [2.05, 4.69) is 15.1 Å². The van der Waals surface area contributed by atoms with Crippen LogP contribution in [0.4, 0.5) is 11.6 Å². The number of hydrogen-bond donors (Lipinski definition) is 1. The second-order valence-corrected chi connectivity index (χ2v) is 3.16. The molecule has 0 radical (unpaired) electrons. The lowest BCUT2D eigenvalue weighted by Crippen LogP contribution is -2.07. The first-order chi connectivity index (χ1) is 7.58. The predicted octanol–water partition coefficient (Wildman–Crippen LogP) is 0.461. The first-order valence-electron chi connectivity index (χ1n) is 4.36. The van der Waals surface area contributed by atoms with Gasteiger partial charge in [-0.3, -0.25) is 10.1 Å². The molecular weight excluding hydrogens is 212 g/mol. The number of anilines is 1. The van der Waals surface area contributed by atoms with Crippen LogP contribution in [0.5, 0.6) is 0 Å². The van der Waals surface area contributed by atoms with Crippen LogP contribution in [-0.2, 0) is 0 Å². The van der Waals surface area contributed by atoms with Crippen molar-refractivity contribution in [1.29, 1.82) is 0 Å². The molecule has 0 aliphatic heterocycles. The van der Waals surface area contributed by atoms with Crippen LogP contribution < -0.4 is 5.73 Å². The second kappa shape index (κ2) is 3.57. The summed E-state index contributed by atoms with van der Waals surface area (Å²) in [4.78, 5) is 17.6. The van der Waals surface area contributed by atoms with Crippen LogP contribution in [0.3, 0.4) is 0 Å². The Bertz CT molecular complexity index is 549. The molecule has 82 valence electrons. The molecule has 0 saturated heterocycles.